The van der Waals surface area contributed by atoms with Gasteiger partial charge in [-0.2, -0.15) is 0 Å². The second kappa shape index (κ2) is 7.08. The van der Waals surface area contributed by atoms with Crippen LogP contribution in [0.5, 0.6) is 0 Å². The molecule has 0 spiro atoms. The van der Waals surface area contributed by atoms with Crippen molar-refractivity contribution in [2.75, 3.05) is 11.4 Å². The third-order valence-corrected chi connectivity index (χ3v) is 4.40. The minimum atomic E-state index is 0.0781. The molecule has 0 saturated carbocycles. The van der Waals surface area contributed by atoms with Crippen LogP contribution in [0.3, 0.4) is 0 Å². The zero-order chi connectivity index (χ0) is 15.4. The molecule has 3 nitrogen and oxygen atoms in total. The number of para-hydroxylation sites is 1. The summed E-state index contributed by atoms with van der Waals surface area (Å²) in [4.78, 5) is 14.8. The second-order valence-corrected chi connectivity index (χ2v) is 6.49. The third kappa shape index (κ3) is 3.85. The van der Waals surface area contributed by atoms with Crippen molar-refractivity contribution >= 4 is 11.6 Å². The van der Waals surface area contributed by atoms with E-state index in [0.717, 1.165) is 44.3 Å². The van der Waals surface area contributed by atoms with Crippen molar-refractivity contribution in [1.29, 1.82) is 0 Å². The smallest absolute Gasteiger partial charge is 0.229 e. The molecular formula is C18H28N2O. The lowest BCUT2D eigenvalue weighted by Gasteiger charge is -2.33. The van der Waals surface area contributed by atoms with Gasteiger partial charge in [-0.15, -0.1) is 0 Å². The summed E-state index contributed by atoms with van der Waals surface area (Å²) in [6.07, 6.45) is 5.10. The number of nitrogens with two attached hydrogens (primary N) is 1. The monoisotopic (exact) mass is 288 g/mol. The lowest BCUT2D eigenvalue weighted by atomic mass is 9.95. The molecule has 0 radical (unpaired) electrons. The van der Waals surface area contributed by atoms with Crippen LogP contribution in [0.15, 0.2) is 18.2 Å². The highest BCUT2D eigenvalue weighted by Crippen LogP contribution is 2.32. The van der Waals surface area contributed by atoms with Crippen LogP contribution < -0.4 is 10.6 Å². The van der Waals surface area contributed by atoms with Crippen LogP contribution >= 0.6 is 0 Å². The van der Waals surface area contributed by atoms with Crippen LogP contribution in [0.25, 0.3) is 0 Å². The summed E-state index contributed by atoms with van der Waals surface area (Å²) in [6, 6.07) is 6.58. The molecule has 2 N–H and O–H groups in total. The predicted octanol–water partition coefficient (Wildman–Crippen LogP) is 3.43. The Kier molecular flexibility index (Phi) is 5.40. The molecule has 0 bridgehead atoms. The van der Waals surface area contributed by atoms with E-state index < -0.39 is 0 Å². The largest absolute Gasteiger partial charge is 0.328 e. The number of amides is 1. The number of nitrogens with zero attached hydrogens (tertiary/aromatic N) is 1. The molecule has 1 aliphatic rings. The average Bonchev–Trinajstić information content (AvgIpc) is 2.45. The van der Waals surface area contributed by atoms with Gasteiger partial charge in [0.25, 0.3) is 0 Å². The summed E-state index contributed by atoms with van der Waals surface area (Å²) in [5, 5.41) is 0. The van der Waals surface area contributed by atoms with Crippen molar-refractivity contribution < 1.29 is 4.79 Å². The molecule has 21 heavy (non-hydrogen) atoms. The maximum absolute atomic E-state index is 12.8. The Labute approximate surface area is 128 Å². The molecule has 0 aromatic heterocycles. The molecule has 1 aliphatic heterocycles. The number of carbonyl (C=O) groups excluding carboxylic acids is 1. The van der Waals surface area contributed by atoms with Crippen LogP contribution in [0.2, 0.25) is 0 Å². The summed E-state index contributed by atoms with van der Waals surface area (Å²) in [7, 11) is 0. The van der Waals surface area contributed by atoms with Crippen molar-refractivity contribution in [2.24, 2.45) is 11.7 Å². The first kappa shape index (κ1) is 16.0. The Morgan fingerprint density at radius 2 is 2.10 bits per heavy atom. The molecule has 2 rings (SSSR count). The van der Waals surface area contributed by atoms with E-state index in [1.54, 1.807) is 0 Å². The molecule has 2 atom stereocenters. The molecule has 1 aromatic rings. The van der Waals surface area contributed by atoms with Gasteiger partial charge in [0.05, 0.1) is 0 Å². The molecule has 0 saturated heterocycles. The average molecular weight is 288 g/mol. The van der Waals surface area contributed by atoms with E-state index in [9.17, 15) is 4.79 Å². The van der Waals surface area contributed by atoms with Gasteiger partial charge in [0.15, 0.2) is 0 Å². The van der Waals surface area contributed by atoms with E-state index in [4.69, 9.17) is 5.73 Å². The second-order valence-electron chi connectivity index (χ2n) is 6.49. The van der Waals surface area contributed by atoms with Gasteiger partial charge in [0.2, 0.25) is 5.91 Å². The molecule has 0 fully saturated rings. The highest BCUT2D eigenvalue weighted by atomic mass is 16.2. The van der Waals surface area contributed by atoms with Gasteiger partial charge in [-0.3, -0.25) is 4.79 Å². The Morgan fingerprint density at radius 3 is 2.81 bits per heavy atom. The fourth-order valence-electron chi connectivity index (χ4n) is 3.20. The molecule has 116 valence electrons. The van der Waals surface area contributed by atoms with Gasteiger partial charge in [-0.05, 0) is 50.7 Å². The van der Waals surface area contributed by atoms with Crippen molar-refractivity contribution in [3.63, 3.8) is 0 Å². The zero-order valence-corrected chi connectivity index (χ0v) is 13.6. The van der Waals surface area contributed by atoms with Gasteiger partial charge < -0.3 is 10.6 Å². The van der Waals surface area contributed by atoms with E-state index >= 15 is 0 Å². The Morgan fingerprint density at radius 1 is 1.33 bits per heavy atom. The molecule has 2 unspecified atom stereocenters. The first-order valence-corrected chi connectivity index (χ1v) is 8.16. The van der Waals surface area contributed by atoms with Crippen LogP contribution in [0.4, 0.5) is 5.69 Å². The number of carbonyl (C=O) groups is 1. The maximum Gasteiger partial charge on any atom is 0.229 e. The van der Waals surface area contributed by atoms with Gasteiger partial charge >= 0.3 is 0 Å². The van der Waals surface area contributed by atoms with Crippen molar-refractivity contribution in [3.8, 4) is 0 Å². The molecule has 1 aromatic carbocycles. The fourth-order valence-corrected chi connectivity index (χ4v) is 3.20. The first-order chi connectivity index (χ1) is 10.0. The molecular weight excluding hydrogens is 260 g/mol. The fraction of sp³-hybridized carbons (Fsp3) is 0.611. The summed E-state index contributed by atoms with van der Waals surface area (Å²) in [6.45, 7) is 7.03. The van der Waals surface area contributed by atoms with E-state index in [2.05, 4.69) is 32.0 Å². The lowest BCUT2D eigenvalue weighted by molar-refractivity contribution is -0.122. The zero-order valence-electron chi connectivity index (χ0n) is 13.6. The maximum atomic E-state index is 12.8. The highest BCUT2D eigenvalue weighted by molar-refractivity contribution is 5.96. The number of rotatable bonds is 5. The van der Waals surface area contributed by atoms with Crippen molar-refractivity contribution in [2.45, 2.75) is 58.9 Å². The first-order valence-electron chi connectivity index (χ1n) is 8.16. The summed E-state index contributed by atoms with van der Waals surface area (Å²) < 4.78 is 0. The van der Waals surface area contributed by atoms with E-state index in [1.807, 2.05) is 11.8 Å². The van der Waals surface area contributed by atoms with E-state index in [-0.39, 0.29) is 17.9 Å². The number of fused-ring (bicyclic) bond motifs is 1. The van der Waals surface area contributed by atoms with Crippen LogP contribution in [0.1, 0.15) is 50.7 Å². The summed E-state index contributed by atoms with van der Waals surface area (Å²) in [5.41, 5.74) is 9.47. The van der Waals surface area contributed by atoms with E-state index in [0.29, 0.717) is 0 Å². The topological polar surface area (TPSA) is 46.3 Å². The minimum absolute atomic E-state index is 0.0781. The standard InChI is InChI=1S/C18H28N2O/c1-13-7-5-10-16-11-6-12-20(17(13)16)18(21)14(2)8-4-9-15(3)19/h5,7,10,14-15H,4,6,8-9,11-12,19H2,1-3H3. The molecule has 1 amide bonds. The number of benzene rings is 1. The summed E-state index contributed by atoms with van der Waals surface area (Å²) >= 11 is 0. The van der Waals surface area contributed by atoms with Crippen LogP contribution in [-0.4, -0.2) is 18.5 Å². The number of anilines is 1. The van der Waals surface area contributed by atoms with Gasteiger partial charge in [-0.25, -0.2) is 0 Å². The molecule has 3 heteroatoms. The number of aryl methyl sites for hydroxylation is 2. The van der Waals surface area contributed by atoms with Crippen LogP contribution in [0, 0.1) is 12.8 Å². The van der Waals surface area contributed by atoms with Crippen molar-refractivity contribution in [3.05, 3.63) is 29.3 Å². The lowest BCUT2D eigenvalue weighted by Crippen LogP contribution is -2.39. The Bertz CT molecular complexity index is 496. The third-order valence-electron chi connectivity index (χ3n) is 4.40. The predicted molar refractivity (Wildman–Crippen MR) is 88.5 cm³/mol. The SMILES string of the molecule is Cc1cccc2c1N(C(=O)C(C)CCCC(C)N)CCC2. The minimum Gasteiger partial charge on any atom is -0.328 e. The van der Waals surface area contributed by atoms with Gasteiger partial charge in [0.1, 0.15) is 0 Å². The van der Waals surface area contributed by atoms with Crippen molar-refractivity contribution in [1.82, 2.24) is 0 Å². The normalized spacial score (nSPS) is 17.2. The van der Waals surface area contributed by atoms with E-state index in [1.165, 1.54) is 11.1 Å². The molecule has 1 heterocycles. The Balaban J connectivity index is 2.07. The number of hydrogen-bond donors (Lipinski definition) is 1. The number of hydrogen-bond acceptors (Lipinski definition) is 2. The molecule has 0 aliphatic carbocycles. The van der Waals surface area contributed by atoms with Gasteiger partial charge in [0, 0.05) is 24.2 Å². The Hall–Kier alpha value is -1.35. The highest BCUT2D eigenvalue weighted by Gasteiger charge is 2.27. The van der Waals surface area contributed by atoms with Gasteiger partial charge in [-0.1, -0.05) is 31.5 Å². The van der Waals surface area contributed by atoms with Crippen LogP contribution in [-0.2, 0) is 11.2 Å². The quantitative estimate of drug-likeness (QED) is 0.902. The summed E-state index contributed by atoms with van der Waals surface area (Å²) in [5.74, 6) is 0.351.